The fourth-order valence-corrected chi connectivity index (χ4v) is 4.15. The van der Waals surface area contributed by atoms with Gasteiger partial charge in [0.05, 0.1) is 39.0 Å². The van der Waals surface area contributed by atoms with E-state index in [0.717, 1.165) is 53.1 Å². The van der Waals surface area contributed by atoms with Crippen molar-refractivity contribution in [1.29, 1.82) is 0 Å². The van der Waals surface area contributed by atoms with Gasteiger partial charge in [0, 0.05) is 12.1 Å². The second-order valence-electron chi connectivity index (χ2n) is 8.31. The van der Waals surface area contributed by atoms with Gasteiger partial charge in [-0.05, 0) is 68.1 Å². The molecule has 34 heavy (non-hydrogen) atoms. The zero-order valence-corrected chi connectivity index (χ0v) is 20.6. The molecule has 0 atom stereocenters. The van der Waals surface area contributed by atoms with E-state index in [9.17, 15) is 0 Å². The van der Waals surface area contributed by atoms with Crippen molar-refractivity contribution in [2.75, 3.05) is 27.9 Å². The summed E-state index contributed by atoms with van der Waals surface area (Å²) in [6.07, 6.45) is 1.90. The number of unbranched alkanes of at least 4 members (excludes halogenated alkanes) is 1. The molecular weight excluding hydrogens is 428 g/mol. The lowest BCUT2D eigenvalue weighted by molar-refractivity contribution is 0.301. The molecule has 1 heterocycles. The van der Waals surface area contributed by atoms with Gasteiger partial charge in [0.25, 0.3) is 0 Å². The first kappa shape index (κ1) is 23.5. The number of fused-ring (bicyclic) bond motifs is 1. The number of hydrogen-bond donors (Lipinski definition) is 0. The predicted molar refractivity (Wildman–Crippen MR) is 135 cm³/mol. The number of para-hydroxylation sites is 2. The minimum atomic E-state index is 0.569. The van der Waals surface area contributed by atoms with Gasteiger partial charge in [-0.25, -0.2) is 4.98 Å². The first-order valence-corrected chi connectivity index (χ1v) is 11.5. The summed E-state index contributed by atoms with van der Waals surface area (Å²) >= 11 is 0. The number of ether oxygens (including phenoxy) is 4. The van der Waals surface area contributed by atoms with Crippen LogP contribution in [0.25, 0.3) is 22.4 Å². The summed E-state index contributed by atoms with van der Waals surface area (Å²) in [5, 5.41) is 0. The molecule has 1 aromatic heterocycles. The molecule has 6 heteroatoms. The number of aromatic nitrogens is 2. The monoisotopic (exact) mass is 460 g/mol. The maximum Gasteiger partial charge on any atom is 0.203 e. The summed E-state index contributed by atoms with van der Waals surface area (Å²) in [6, 6.07) is 18.4. The molecule has 0 unspecified atom stereocenters. The molecule has 6 nitrogen and oxygen atoms in total. The van der Waals surface area contributed by atoms with Crippen LogP contribution in [0.1, 0.15) is 24.0 Å². The second-order valence-corrected chi connectivity index (χ2v) is 8.31. The average Bonchev–Trinajstić information content (AvgIpc) is 3.23. The second kappa shape index (κ2) is 10.5. The fourth-order valence-electron chi connectivity index (χ4n) is 4.15. The first-order valence-electron chi connectivity index (χ1n) is 11.5. The highest BCUT2D eigenvalue weighted by atomic mass is 16.5. The highest BCUT2D eigenvalue weighted by Crippen LogP contribution is 2.41. The summed E-state index contributed by atoms with van der Waals surface area (Å²) in [5.41, 5.74) is 5.34. The topological polar surface area (TPSA) is 54.7 Å². The van der Waals surface area contributed by atoms with Crippen LogP contribution in [0.4, 0.5) is 0 Å². The van der Waals surface area contributed by atoms with Crippen molar-refractivity contribution in [2.24, 2.45) is 0 Å². The number of aryl methyl sites for hydroxylation is 3. The van der Waals surface area contributed by atoms with Crippen LogP contribution < -0.4 is 18.9 Å². The van der Waals surface area contributed by atoms with E-state index in [1.807, 2.05) is 30.3 Å². The SMILES string of the molecule is COc1cc(-c2nc3ccccc3n2CCCCOc2cc(C)ccc2C)cc(OC)c1OC. The van der Waals surface area contributed by atoms with Gasteiger partial charge in [0.15, 0.2) is 11.5 Å². The van der Waals surface area contributed by atoms with Crippen molar-refractivity contribution in [3.8, 4) is 34.4 Å². The van der Waals surface area contributed by atoms with Gasteiger partial charge in [0.1, 0.15) is 11.6 Å². The Morgan fingerprint density at radius 2 is 1.53 bits per heavy atom. The van der Waals surface area contributed by atoms with Crippen LogP contribution in [0.15, 0.2) is 54.6 Å². The number of rotatable bonds is 10. The Kier molecular flexibility index (Phi) is 7.26. The molecular formula is C28H32N2O4. The molecule has 0 fully saturated rings. The van der Waals surface area contributed by atoms with Crippen molar-refractivity contribution in [1.82, 2.24) is 9.55 Å². The predicted octanol–water partition coefficient (Wildman–Crippen LogP) is 6.21. The van der Waals surface area contributed by atoms with E-state index < -0.39 is 0 Å². The minimum absolute atomic E-state index is 0.569. The van der Waals surface area contributed by atoms with E-state index in [0.29, 0.717) is 23.9 Å². The smallest absolute Gasteiger partial charge is 0.203 e. The van der Waals surface area contributed by atoms with Crippen LogP contribution in [0.5, 0.6) is 23.0 Å². The van der Waals surface area contributed by atoms with Crippen molar-refractivity contribution in [3.63, 3.8) is 0 Å². The lowest BCUT2D eigenvalue weighted by Crippen LogP contribution is -2.05. The molecule has 4 aromatic rings. The maximum absolute atomic E-state index is 6.05. The van der Waals surface area contributed by atoms with Crippen molar-refractivity contribution in [3.05, 3.63) is 65.7 Å². The number of benzene rings is 3. The molecule has 0 N–H and O–H groups in total. The van der Waals surface area contributed by atoms with Crippen LogP contribution >= 0.6 is 0 Å². The third-order valence-corrected chi connectivity index (χ3v) is 5.95. The Balaban J connectivity index is 1.57. The summed E-state index contributed by atoms with van der Waals surface area (Å²) in [4.78, 5) is 4.94. The molecule has 0 aliphatic rings. The molecule has 0 amide bonds. The van der Waals surface area contributed by atoms with Crippen molar-refractivity contribution in [2.45, 2.75) is 33.2 Å². The Morgan fingerprint density at radius 1 is 0.794 bits per heavy atom. The Morgan fingerprint density at radius 3 is 2.24 bits per heavy atom. The van der Waals surface area contributed by atoms with E-state index in [1.54, 1.807) is 21.3 Å². The first-order chi connectivity index (χ1) is 16.5. The number of methoxy groups -OCH3 is 3. The molecule has 0 aliphatic carbocycles. The summed E-state index contributed by atoms with van der Waals surface area (Å²) in [5.74, 6) is 3.62. The molecule has 0 saturated heterocycles. The van der Waals surface area contributed by atoms with Gasteiger partial charge in [-0.15, -0.1) is 0 Å². The third-order valence-electron chi connectivity index (χ3n) is 5.95. The van der Waals surface area contributed by atoms with E-state index in [1.165, 1.54) is 5.56 Å². The molecule has 0 aliphatic heterocycles. The van der Waals surface area contributed by atoms with Gasteiger partial charge in [-0.2, -0.15) is 0 Å². The zero-order valence-electron chi connectivity index (χ0n) is 20.6. The van der Waals surface area contributed by atoms with E-state index in [-0.39, 0.29) is 0 Å². The van der Waals surface area contributed by atoms with Gasteiger partial charge >= 0.3 is 0 Å². The Bertz CT molecular complexity index is 1250. The molecule has 0 radical (unpaired) electrons. The summed E-state index contributed by atoms with van der Waals surface area (Å²) < 4.78 is 24.9. The van der Waals surface area contributed by atoms with E-state index in [4.69, 9.17) is 23.9 Å². The number of nitrogens with zero attached hydrogens (tertiary/aromatic N) is 2. The van der Waals surface area contributed by atoms with E-state index in [2.05, 4.69) is 42.7 Å². The molecule has 4 rings (SSSR count). The molecule has 178 valence electrons. The lowest BCUT2D eigenvalue weighted by atomic mass is 10.1. The quantitative estimate of drug-likeness (QED) is 0.264. The van der Waals surface area contributed by atoms with E-state index >= 15 is 0 Å². The highest BCUT2D eigenvalue weighted by molar-refractivity contribution is 5.81. The molecule has 0 saturated carbocycles. The third kappa shape index (κ3) is 4.81. The lowest BCUT2D eigenvalue weighted by Gasteiger charge is -2.15. The van der Waals surface area contributed by atoms with Crippen molar-refractivity contribution >= 4 is 11.0 Å². The number of hydrogen-bond acceptors (Lipinski definition) is 5. The van der Waals surface area contributed by atoms with Gasteiger partial charge in [-0.1, -0.05) is 24.3 Å². The Labute approximate surface area is 201 Å². The normalized spacial score (nSPS) is 11.0. The zero-order chi connectivity index (χ0) is 24.1. The van der Waals surface area contributed by atoms with Crippen LogP contribution in [0.2, 0.25) is 0 Å². The standard InChI is InChI=1S/C28H32N2O4/c1-19-12-13-20(2)24(16-19)34-15-9-8-14-30-23-11-7-6-10-22(23)29-28(30)21-17-25(31-3)27(33-5)26(18-21)32-4/h6-7,10-13,16-18H,8-9,14-15H2,1-5H3. The largest absolute Gasteiger partial charge is 0.493 e. The van der Waals surface area contributed by atoms with Crippen LogP contribution in [-0.4, -0.2) is 37.5 Å². The fraction of sp³-hybridized carbons (Fsp3) is 0.321. The molecule has 0 bridgehead atoms. The van der Waals surface area contributed by atoms with Crippen LogP contribution in [0.3, 0.4) is 0 Å². The molecule has 0 spiro atoms. The summed E-state index contributed by atoms with van der Waals surface area (Å²) in [7, 11) is 4.86. The van der Waals surface area contributed by atoms with Gasteiger partial charge < -0.3 is 23.5 Å². The summed E-state index contributed by atoms with van der Waals surface area (Å²) in [6.45, 7) is 5.66. The maximum atomic E-state index is 6.05. The van der Waals surface area contributed by atoms with Gasteiger partial charge in [-0.3, -0.25) is 0 Å². The highest BCUT2D eigenvalue weighted by Gasteiger charge is 2.18. The van der Waals surface area contributed by atoms with Crippen LogP contribution in [-0.2, 0) is 6.54 Å². The van der Waals surface area contributed by atoms with Gasteiger partial charge in [0.2, 0.25) is 5.75 Å². The Hall–Kier alpha value is -3.67. The average molecular weight is 461 g/mol. The van der Waals surface area contributed by atoms with Crippen molar-refractivity contribution < 1.29 is 18.9 Å². The number of imidazole rings is 1. The molecule has 3 aromatic carbocycles. The van der Waals surface area contributed by atoms with Crippen LogP contribution in [0, 0.1) is 13.8 Å². The minimum Gasteiger partial charge on any atom is -0.493 e.